The summed E-state index contributed by atoms with van der Waals surface area (Å²) >= 11 is 0. The molecule has 0 radical (unpaired) electrons. The van der Waals surface area contributed by atoms with Crippen LogP contribution in [0.25, 0.3) is 0 Å². The van der Waals surface area contributed by atoms with E-state index in [1.165, 1.54) is 19.3 Å². The fraction of sp³-hybridized carbons (Fsp3) is 0.909. The van der Waals surface area contributed by atoms with Crippen LogP contribution in [-0.4, -0.2) is 36.5 Å². The number of carbonyl (C=O) groups excluding carboxylic acids is 1. The predicted molar refractivity (Wildman–Crippen MR) is 58.2 cm³/mol. The van der Waals surface area contributed by atoms with Crippen LogP contribution in [0.5, 0.6) is 0 Å². The summed E-state index contributed by atoms with van der Waals surface area (Å²) in [5.74, 6) is 0.270. The summed E-state index contributed by atoms with van der Waals surface area (Å²) in [7, 11) is 0. The maximum absolute atomic E-state index is 11.7. The summed E-state index contributed by atoms with van der Waals surface area (Å²) in [5, 5.41) is 3.19. The highest BCUT2D eigenvalue weighted by Gasteiger charge is 2.30. The molecule has 1 amide bonds. The molecule has 3 heteroatoms. The van der Waals surface area contributed by atoms with Gasteiger partial charge in [0, 0.05) is 12.6 Å². The molecular formula is C11H22N2O. The Hall–Kier alpha value is -0.570. The Labute approximate surface area is 86.9 Å². The second kappa shape index (κ2) is 6.02. The molecule has 0 aromatic rings. The number of unbranched alkanes of at least 4 members (excludes halogenated alkanes) is 1. The fourth-order valence-corrected chi connectivity index (χ4v) is 1.62. The Morgan fingerprint density at radius 3 is 2.64 bits per heavy atom. The third-order valence-electron chi connectivity index (χ3n) is 2.63. The molecule has 0 saturated heterocycles. The zero-order valence-corrected chi connectivity index (χ0v) is 9.38. The molecule has 0 unspecified atom stereocenters. The number of carbonyl (C=O) groups is 1. The van der Waals surface area contributed by atoms with Crippen molar-refractivity contribution in [3.8, 4) is 0 Å². The van der Waals surface area contributed by atoms with Crippen LogP contribution in [0.4, 0.5) is 0 Å². The SMILES string of the molecule is CCCCNCC(=O)N(CC)C1CC1. The second-order valence-corrected chi connectivity index (χ2v) is 3.94. The van der Waals surface area contributed by atoms with Crippen LogP contribution in [0, 0.1) is 0 Å². The van der Waals surface area contributed by atoms with Crippen LogP contribution < -0.4 is 5.32 Å². The van der Waals surface area contributed by atoms with Gasteiger partial charge >= 0.3 is 0 Å². The van der Waals surface area contributed by atoms with Crippen LogP contribution in [0.1, 0.15) is 39.5 Å². The lowest BCUT2D eigenvalue weighted by atomic mass is 10.3. The van der Waals surface area contributed by atoms with Gasteiger partial charge in [-0.15, -0.1) is 0 Å². The standard InChI is InChI=1S/C11H22N2O/c1-3-5-8-12-9-11(14)13(4-2)10-6-7-10/h10,12H,3-9H2,1-2H3. The van der Waals surface area contributed by atoms with Gasteiger partial charge in [0.25, 0.3) is 0 Å². The van der Waals surface area contributed by atoms with Crippen molar-refractivity contribution in [1.29, 1.82) is 0 Å². The van der Waals surface area contributed by atoms with Crippen molar-refractivity contribution in [1.82, 2.24) is 10.2 Å². The van der Waals surface area contributed by atoms with E-state index in [1.807, 2.05) is 4.90 Å². The summed E-state index contributed by atoms with van der Waals surface area (Å²) in [5.41, 5.74) is 0. The number of likely N-dealkylation sites (N-methyl/N-ethyl adjacent to an activating group) is 1. The molecular weight excluding hydrogens is 176 g/mol. The normalized spacial score (nSPS) is 15.6. The van der Waals surface area contributed by atoms with Crippen LogP contribution in [0.15, 0.2) is 0 Å². The first-order valence-electron chi connectivity index (χ1n) is 5.79. The highest BCUT2D eigenvalue weighted by molar-refractivity contribution is 5.78. The molecule has 1 aliphatic rings. The minimum Gasteiger partial charge on any atom is -0.339 e. The largest absolute Gasteiger partial charge is 0.339 e. The van der Waals surface area contributed by atoms with E-state index >= 15 is 0 Å². The Balaban J connectivity index is 2.12. The Kier molecular flexibility index (Phi) is 4.94. The molecule has 14 heavy (non-hydrogen) atoms. The monoisotopic (exact) mass is 198 g/mol. The average Bonchev–Trinajstić information content (AvgIpc) is 2.98. The molecule has 0 aliphatic heterocycles. The Bertz CT molecular complexity index is 178. The first-order valence-corrected chi connectivity index (χ1v) is 5.79. The van der Waals surface area contributed by atoms with Crippen LogP contribution in [0.3, 0.4) is 0 Å². The fourth-order valence-electron chi connectivity index (χ4n) is 1.62. The third kappa shape index (κ3) is 3.66. The molecule has 1 aliphatic carbocycles. The average molecular weight is 198 g/mol. The van der Waals surface area contributed by atoms with Crippen molar-refractivity contribution in [3.63, 3.8) is 0 Å². The third-order valence-corrected chi connectivity index (χ3v) is 2.63. The van der Waals surface area contributed by atoms with Crippen molar-refractivity contribution in [2.24, 2.45) is 0 Å². The summed E-state index contributed by atoms with van der Waals surface area (Å²) in [6.07, 6.45) is 4.74. The van der Waals surface area contributed by atoms with E-state index in [0.29, 0.717) is 12.6 Å². The zero-order valence-electron chi connectivity index (χ0n) is 9.38. The van der Waals surface area contributed by atoms with Crippen molar-refractivity contribution in [3.05, 3.63) is 0 Å². The van der Waals surface area contributed by atoms with Gasteiger partial charge < -0.3 is 10.2 Å². The molecule has 0 aromatic heterocycles. The molecule has 0 aromatic carbocycles. The van der Waals surface area contributed by atoms with E-state index in [0.717, 1.165) is 19.5 Å². The molecule has 0 bridgehead atoms. The van der Waals surface area contributed by atoms with E-state index in [2.05, 4.69) is 19.2 Å². The first-order chi connectivity index (χ1) is 6.79. The van der Waals surface area contributed by atoms with Gasteiger partial charge in [-0.3, -0.25) is 4.79 Å². The zero-order chi connectivity index (χ0) is 10.4. The molecule has 1 rings (SSSR count). The van der Waals surface area contributed by atoms with Crippen LogP contribution in [-0.2, 0) is 4.79 Å². The smallest absolute Gasteiger partial charge is 0.236 e. The molecule has 1 saturated carbocycles. The number of hydrogen-bond acceptors (Lipinski definition) is 2. The van der Waals surface area contributed by atoms with E-state index in [9.17, 15) is 4.79 Å². The molecule has 0 atom stereocenters. The summed E-state index contributed by atoms with van der Waals surface area (Å²) in [4.78, 5) is 13.7. The second-order valence-electron chi connectivity index (χ2n) is 3.94. The van der Waals surface area contributed by atoms with Gasteiger partial charge in [0.05, 0.1) is 6.54 Å². The number of amides is 1. The van der Waals surface area contributed by atoms with Crippen molar-refractivity contribution < 1.29 is 4.79 Å². The van der Waals surface area contributed by atoms with E-state index in [-0.39, 0.29) is 5.91 Å². The summed E-state index contributed by atoms with van der Waals surface area (Å²) in [6, 6.07) is 0.556. The predicted octanol–water partition coefficient (Wildman–Crippen LogP) is 1.39. The van der Waals surface area contributed by atoms with Crippen molar-refractivity contribution >= 4 is 5.91 Å². The Morgan fingerprint density at radius 1 is 1.43 bits per heavy atom. The first kappa shape index (κ1) is 11.5. The van der Waals surface area contributed by atoms with Crippen LogP contribution in [0.2, 0.25) is 0 Å². The highest BCUT2D eigenvalue weighted by Crippen LogP contribution is 2.26. The van der Waals surface area contributed by atoms with Crippen molar-refractivity contribution in [2.45, 2.75) is 45.6 Å². The topological polar surface area (TPSA) is 32.3 Å². The number of nitrogens with zero attached hydrogens (tertiary/aromatic N) is 1. The lowest BCUT2D eigenvalue weighted by Crippen LogP contribution is -2.39. The minimum absolute atomic E-state index is 0.270. The maximum Gasteiger partial charge on any atom is 0.236 e. The number of nitrogens with one attached hydrogen (secondary N) is 1. The van der Waals surface area contributed by atoms with Gasteiger partial charge in [-0.1, -0.05) is 13.3 Å². The van der Waals surface area contributed by atoms with Gasteiger partial charge in [-0.25, -0.2) is 0 Å². The van der Waals surface area contributed by atoms with E-state index in [4.69, 9.17) is 0 Å². The number of rotatable bonds is 7. The van der Waals surface area contributed by atoms with Gasteiger partial charge in [0.15, 0.2) is 0 Å². The van der Waals surface area contributed by atoms with Gasteiger partial charge in [0.2, 0.25) is 5.91 Å². The van der Waals surface area contributed by atoms with Gasteiger partial charge in [0.1, 0.15) is 0 Å². The van der Waals surface area contributed by atoms with E-state index < -0.39 is 0 Å². The summed E-state index contributed by atoms with van der Waals surface area (Å²) < 4.78 is 0. The number of hydrogen-bond donors (Lipinski definition) is 1. The van der Waals surface area contributed by atoms with E-state index in [1.54, 1.807) is 0 Å². The minimum atomic E-state index is 0.270. The molecule has 0 spiro atoms. The highest BCUT2D eigenvalue weighted by atomic mass is 16.2. The Morgan fingerprint density at radius 2 is 2.14 bits per heavy atom. The van der Waals surface area contributed by atoms with Gasteiger partial charge in [-0.05, 0) is 32.7 Å². The summed E-state index contributed by atoms with van der Waals surface area (Å²) in [6.45, 7) is 6.56. The molecule has 0 heterocycles. The molecule has 3 nitrogen and oxygen atoms in total. The van der Waals surface area contributed by atoms with Gasteiger partial charge in [-0.2, -0.15) is 0 Å². The lowest BCUT2D eigenvalue weighted by Gasteiger charge is -2.20. The van der Waals surface area contributed by atoms with Crippen LogP contribution >= 0.6 is 0 Å². The van der Waals surface area contributed by atoms with Crippen molar-refractivity contribution in [2.75, 3.05) is 19.6 Å². The quantitative estimate of drug-likeness (QED) is 0.627. The lowest BCUT2D eigenvalue weighted by molar-refractivity contribution is -0.130. The molecule has 82 valence electrons. The maximum atomic E-state index is 11.7. The molecule has 1 fully saturated rings. The molecule has 1 N–H and O–H groups in total.